The summed E-state index contributed by atoms with van der Waals surface area (Å²) in [7, 11) is 0. The van der Waals surface area contributed by atoms with Crippen LogP contribution in [0.5, 0.6) is 0 Å². The second kappa shape index (κ2) is 9.39. The van der Waals surface area contributed by atoms with Gasteiger partial charge in [0.05, 0.1) is 17.9 Å². The molecule has 0 spiro atoms. The highest BCUT2D eigenvalue weighted by Crippen LogP contribution is 2.35. The molecule has 0 heterocycles. The van der Waals surface area contributed by atoms with Crippen molar-refractivity contribution in [2.75, 3.05) is 4.90 Å². The van der Waals surface area contributed by atoms with E-state index in [9.17, 15) is 4.79 Å². The van der Waals surface area contributed by atoms with Crippen LogP contribution in [0.25, 0.3) is 0 Å². The van der Waals surface area contributed by atoms with Gasteiger partial charge in [-0.25, -0.2) is 4.79 Å². The molecule has 0 aliphatic heterocycles. The Labute approximate surface area is 190 Å². The van der Waals surface area contributed by atoms with E-state index in [-0.39, 0.29) is 12.1 Å². The van der Waals surface area contributed by atoms with E-state index in [2.05, 4.69) is 24.3 Å². The lowest BCUT2D eigenvalue weighted by atomic mass is 10.0. The number of hydrogen-bond donors (Lipinski definition) is 0. The van der Waals surface area contributed by atoms with Crippen LogP contribution in [0.1, 0.15) is 50.3 Å². The van der Waals surface area contributed by atoms with E-state index in [1.54, 1.807) is 0 Å². The molecule has 0 radical (unpaired) electrons. The Kier molecular flexibility index (Phi) is 6.40. The number of benzene rings is 3. The van der Waals surface area contributed by atoms with Crippen LogP contribution in [0.2, 0.25) is 0 Å². The van der Waals surface area contributed by atoms with Crippen molar-refractivity contribution in [2.45, 2.75) is 51.8 Å². The van der Waals surface area contributed by atoms with Crippen LogP contribution in [-0.2, 0) is 11.3 Å². The predicted octanol–water partition coefficient (Wildman–Crippen LogP) is 6.63. The van der Waals surface area contributed by atoms with Gasteiger partial charge in [-0.1, -0.05) is 78.9 Å². The molecule has 1 amide bonds. The first kappa shape index (κ1) is 21.8. The Balaban J connectivity index is 1.68. The Bertz CT molecular complexity index is 1040. The lowest BCUT2D eigenvalue weighted by Gasteiger charge is -2.28. The molecule has 4 nitrogen and oxygen atoms in total. The van der Waals surface area contributed by atoms with Crippen LogP contribution >= 0.6 is 0 Å². The second-order valence-electron chi connectivity index (χ2n) is 9.11. The topological polar surface area (TPSA) is 41.9 Å². The minimum Gasteiger partial charge on any atom is -0.443 e. The molecule has 0 saturated heterocycles. The maximum atomic E-state index is 13.0. The monoisotopic (exact) mass is 426 g/mol. The molecule has 1 fully saturated rings. The number of carbonyl (C=O) groups is 1. The number of ether oxygens (including phenoxy) is 1. The average Bonchev–Trinajstić information content (AvgIpc) is 3.60. The number of hydrogen-bond acceptors (Lipinski definition) is 3. The van der Waals surface area contributed by atoms with E-state index in [1.807, 2.05) is 86.3 Å². The summed E-state index contributed by atoms with van der Waals surface area (Å²) >= 11 is 0. The van der Waals surface area contributed by atoms with E-state index in [4.69, 9.17) is 9.73 Å². The highest BCUT2D eigenvalue weighted by Gasteiger charge is 2.37. The van der Waals surface area contributed by atoms with Crippen molar-refractivity contribution in [2.24, 2.45) is 4.99 Å². The molecular weight excluding hydrogens is 396 g/mol. The summed E-state index contributed by atoms with van der Waals surface area (Å²) in [5.41, 5.74) is 4.44. The predicted molar refractivity (Wildman–Crippen MR) is 130 cm³/mol. The van der Waals surface area contributed by atoms with Gasteiger partial charge in [0.1, 0.15) is 5.60 Å². The van der Waals surface area contributed by atoms with Crippen LogP contribution in [0.15, 0.2) is 89.9 Å². The van der Waals surface area contributed by atoms with Crippen LogP contribution in [0.4, 0.5) is 10.5 Å². The Morgan fingerprint density at radius 3 is 1.94 bits per heavy atom. The Morgan fingerprint density at radius 1 is 0.875 bits per heavy atom. The highest BCUT2D eigenvalue weighted by molar-refractivity contribution is 6.12. The van der Waals surface area contributed by atoms with Crippen molar-refractivity contribution in [1.29, 1.82) is 0 Å². The van der Waals surface area contributed by atoms with Gasteiger partial charge in [0.2, 0.25) is 0 Å². The lowest BCUT2D eigenvalue weighted by molar-refractivity contribution is 0.0577. The summed E-state index contributed by atoms with van der Waals surface area (Å²) in [5.74, 6) is 0. The first-order valence-electron chi connectivity index (χ1n) is 11.2. The molecule has 0 bridgehead atoms. The Morgan fingerprint density at radius 2 is 1.41 bits per heavy atom. The van der Waals surface area contributed by atoms with Crippen molar-refractivity contribution < 1.29 is 9.53 Å². The van der Waals surface area contributed by atoms with Gasteiger partial charge in [-0.05, 0) is 45.2 Å². The molecular formula is C28H30N2O2. The van der Waals surface area contributed by atoms with E-state index in [0.717, 1.165) is 40.9 Å². The number of nitrogens with zero attached hydrogens (tertiary/aromatic N) is 2. The molecule has 3 aromatic carbocycles. The zero-order chi connectivity index (χ0) is 22.6. The van der Waals surface area contributed by atoms with Gasteiger partial charge >= 0.3 is 6.09 Å². The van der Waals surface area contributed by atoms with Crippen molar-refractivity contribution in [3.05, 3.63) is 102 Å². The van der Waals surface area contributed by atoms with Gasteiger partial charge in [0, 0.05) is 17.2 Å². The average molecular weight is 427 g/mol. The smallest absolute Gasteiger partial charge is 0.415 e. The highest BCUT2D eigenvalue weighted by atomic mass is 16.6. The minimum atomic E-state index is -0.537. The summed E-state index contributed by atoms with van der Waals surface area (Å²) in [6, 6.07) is 28.6. The van der Waals surface area contributed by atoms with E-state index in [1.165, 1.54) is 0 Å². The molecule has 4 rings (SSSR count). The standard InChI is InChI=1S/C28H30N2O2/c1-28(2,3)32-27(31)30(24-18-19-24)25-17-11-10-16-23(25)20-29-26(21-12-6-4-7-13-21)22-14-8-5-9-15-22/h4-17,24H,18-20H2,1-3H3. The summed E-state index contributed by atoms with van der Waals surface area (Å²) in [6.45, 7) is 6.18. The van der Waals surface area contributed by atoms with Crippen LogP contribution in [-0.4, -0.2) is 23.4 Å². The first-order valence-corrected chi connectivity index (χ1v) is 11.2. The molecule has 0 atom stereocenters. The molecule has 1 aliphatic rings. The quantitative estimate of drug-likeness (QED) is 0.415. The molecule has 3 aromatic rings. The van der Waals surface area contributed by atoms with Gasteiger partial charge in [-0.15, -0.1) is 0 Å². The SMILES string of the molecule is CC(C)(C)OC(=O)N(c1ccccc1CN=C(c1ccccc1)c1ccccc1)C1CC1. The number of amides is 1. The summed E-state index contributed by atoms with van der Waals surface area (Å²) in [6.07, 6.45) is 1.70. The fourth-order valence-corrected chi connectivity index (χ4v) is 3.67. The molecule has 0 aromatic heterocycles. The van der Waals surface area contributed by atoms with Gasteiger partial charge in [0.25, 0.3) is 0 Å². The minimum absolute atomic E-state index is 0.192. The van der Waals surface area contributed by atoms with Gasteiger partial charge in [0.15, 0.2) is 0 Å². The third-order valence-electron chi connectivity index (χ3n) is 5.26. The summed E-state index contributed by atoms with van der Waals surface area (Å²) in [5, 5.41) is 0. The van der Waals surface area contributed by atoms with E-state index >= 15 is 0 Å². The zero-order valence-corrected chi connectivity index (χ0v) is 19.0. The van der Waals surface area contributed by atoms with Crippen molar-refractivity contribution in [3.63, 3.8) is 0 Å². The molecule has 4 heteroatoms. The molecule has 164 valence electrons. The maximum absolute atomic E-state index is 13.0. The number of aliphatic imine (C=N–C) groups is 1. The first-order chi connectivity index (χ1) is 15.4. The van der Waals surface area contributed by atoms with Crippen molar-refractivity contribution in [1.82, 2.24) is 0 Å². The lowest BCUT2D eigenvalue weighted by Crippen LogP contribution is -2.38. The van der Waals surface area contributed by atoms with Crippen LogP contribution in [0, 0.1) is 0 Å². The third-order valence-corrected chi connectivity index (χ3v) is 5.26. The maximum Gasteiger partial charge on any atom is 0.415 e. The number of para-hydroxylation sites is 1. The van der Waals surface area contributed by atoms with Crippen LogP contribution in [0.3, 0.4) is 0 Å². The molecule has 0 unspecified atom stereocenters. The van der Waals surface area contributed by atoms with Gasteiger partial charge in [-0.3, -0.25) is 9.89 Å². The van der Waals surface area contributed by atoms with Gasteiger partial charge < -0.3 is 4.74 Å². The Hall–Kier alpha value is -3.40. The fraction of sp³-hybridized carbons (Fsp3) is 0.286. The molecule has 0 N–H and O–H groups in total. The second-order valence-corrected chi connectivity index (χ2v) is 9.11. The largest absolute Gasteiger partial charge is 0.443 e. The number of anilines is 1. The van der Waals surface area contributed by atoms with Crippen molar-refractivity contribution >= 4 is 17.5 Å². The van der Waals surface area contributed by atoms with Gasteiger partial charge in [-0.2, -0.15) is 0 Å². The fourth-order valence-electron chi connectivity index (χ4n) is 3.67. The molecule has 1 aliphatic carbocycles. The van der Waals surface area contributed by atoms with E-state index in [0.29, 0.717) is 6.54 Å². The number of rotatable bonds is 6. The molecule has 32 heavy (non-hydrogen) atoms. The summed E-state index contributed by atoms with van der Waals surface area (Å²) in [4.78, 5) is 19.9. The normalized spacial score (nSPS) is 13.3. The van der Waals surface area contributed by atoms with E-state index < -0.39 is 5.60 Å². The summed E-state index contributed by atoms with van der Waals surface area (Å²) < 4.78 is 5.73. The van der Waals surface area contributed by atoms with Crippen LogP contribution < -0.4 is 4.90 Å². The number of carbonyl (C=O) groups excluding carboxylic acids is 1. The zero-order valence-electron chi connectivity index (χ0n) is 19.0. The molecule has 1 saturated carbocycles. The van der Waals surface area contributed by atoms with Crippen molar-refractivity contribution in [3.8, 4) is 0 Å². The third kappa shape index (κ3) is 5.44.